The minimum atomic E-state index is -3.45. The molecular weight excluding hydrogens is 280 g/mol. The van der Waals surface area contributed by atoms with Crippen molar-refractivity contribution in [1.29, 1.82) is 0 Å². The second-order valence-corrected chi connectivity index (χ2v) is 7.60. The van der Waals surface area contributed by atoms with Crippen LogP contribution < -0.4 is 0 Å². The van der Waals surface area contributed by atoms with Crippen LogP contribution in [-0.2, 0) is 15.6 Å². The van der Waals surface area contributed by atoms with Gasteiger partial charge in [-0.1, -0.05) is 12.1 Å². The van der Waals surface area contributed by atoms with Crippen LogP contribution in [0, 0.1) is 13.8 Å². The Labute approximate surface area is 115 Å². The Morgan fingerprint density at radius 2 is 1.89 bits per heavy atom. The fourth-order valence-corrected chi connectivity index (χ4v) is 5.28. The van der Waals surface area contributed by atoms with Crippen molar-refractivity contribution in [2.75, 3.05) is 0 Å². The van der Waals surface area contributed by atoms with Gasteiger partial charge in [0, 0.05) is 5.56 Å². The molecule has 2 aromatic rings. The second kappa shape index (κ2) is 4.02. The Balaban J connectivity index is 2.43. The van der Waals surface area contributed by atoms with Gasteiger partial charge >= 0.3 is 0 Å². The maximum atomic E-state index is 12.6. The zero-order valence-corrected chi connectivity index (χ0v) is 12.2. The first-order chi connectivity index (χ1) is 8.92. The molecule has 5 heteroatoms. The Bertz CT molecular complexity index is 798. The normalized spacial score (nSPS) is 16.6. The highest BCUT2D eigenvalue weighted by molar-refractivity contribution is 7.90. The summed E-state index contributed by atoms with van der Waals surface area (Å²) in [6, 6.07) is 4.99. The Kier molecular flexibility index (Phi) is 2.66. The number of carbonyl (C=O) groups is 1. The van der Waals surface area contributed by atoms with Crippen LogP contribution in [0.25, 0.3) is 0 Å². The van der Waals surface area contributed by atoms with Crippen molar-refractivity contribution < 1.29 is 13.2 Å². The third-order valence-corrected chi connectivity index (χ3v) is 6.26. The smallest absolute Gasteiger partial charge is 0.204 e. The van der Waals surface area contributed by atoms with E-state index in [2.05, 4.69) is 0 Å². The largest absolute Gasteiger partial charge is 0.288 e. The number of sulfone groups is 1. The van der Waals surface area contributed by atoms with Crippen molar-refractivity contribution in [2.45, 2.75) is 24.5 Å². The lowest BCUT2D eigenvalue weighted by Crippen LogP contribution is -2.08. The van der Waals surface area contributed by atoms with Crippen LogP contribution in [-0.4, -0.2) is 14.2 Å². The number of hydrogen-bond acceptors (Lipinski definition) is 4. The number of rotatable bonds is 0. The first-order valence-electron chi connectivity index (χ1n) is 5.86. The maximum Gasteiger partial charge on any atom is 0.204 e. The average molecular weight is 292 g/mol. The lowest BCUT2D eigenvalue weighted by molar-refractivity contribution is 0.103. The highest BCUT2D eigenvalue weighted by Crippen LogP contribution is 2.35. The van der Waals surface area contributed by atoms with Gasteiger partial charge in [-0.05, 0) is 42.0 Å². The first-order valence-corrected chi connectivity index (χ1v) is 8.39. The summed E-state index contributed by atoms with van der Waals surface area (Å²) < 4.78 is 24.9. The molecule has 0 atom stereocenters. The molecule has 0 saturated carbocycles. The van der Waals surface area contributed by atoms with E-state index in [4.69, 9.17) is 0 Å². The van der Waals surface area contributed by atoms with Crippen molar-refractivity contribution in [2.24, 2.45) is 0 Å². The minimum absolute atomic E-state index is 0.0835. The zero-order valence-electron chi connectivity index (χ0n) is 10.6. The highest BCUT2D eigenvalue weighted by atomic mass is 32.2. The van der Waals surface area contributed by atoms with Gasteiger partial charge in [-0.3, -0.25) is 4.79 Å². The van der Waals surface area contributed by atoms with E-state index in [1.807, 2.05) is 12.3 Å². The van der Waals surface area contributed by atoms with Crippen molar-refractivity contribution >= 4 is 27.0 Å². The van der Waals surface area contributed by atoms with E-state index in [0.717, 1.165) is 5.56 Å². The van der Waals surface area contributed by atoms with Crippen LogP contribution in [0.1, 0.15) is 31.9 Å². The van der Waals surface area contributed by atoms with Crippen LogP contribution in [0.4, 0.5) is 0 Å². The maximum absolute atomic E-state index is 12.6. The molecule has 0 radical (unpaired) electrons. The fraction of sp³-hybridized carbons (Fsp3) is 0.214. The molecule has 0 bridgehead atoms. The van der Waals surface area contributed by atoms with Crippen LogP contribution in [0.5, 0.6) is 0 Å². The van der Waals surface area contributed by atoms with Crippen LogP contribution in [0.3, 0.4) is 0 Å². The van der Waals surface area contributed by atoms with Gasteiger partial charge in [-0.25, -0.2) is 8.42 Å². The topological polar surface area (TPSA) is 51.2 Å². The summed E-state index contributed by atoms with van der Waals surface area (Å²) in [7, 11) is -3.45. The van der Waals surface area contributed by atoms with E-state index in [-0.39, 0.29) is 16.4 Å². The van der Waals surface area contributed by atoms with Crippen molar-refractivity contribution in [1.82, 2.24) is 0 Å². The van der Waals surface area contributed by atoms with E-state index in [9.17, 15) is 13.2 Å². The van der Waals surface area contributed by atoms with Gasteiger partial charge in [0.2, 0.25) is 5.78 Å². The molecular formula is C14H12O3S2. The monoisotopic (exact) mass is 292 g/mol. The molecule has 0 spiro atoms. The van der Waals surface area contributed by atoms with Gasteiger partial charge in [0.15, 0.2) is 9.84 Å². The second-order valence-electron chi connectivity index (χ2n) is 4.76. The molecule has 19 heavy (non-hydrogen) atoms. The fourth-order valence-electron chi connectivity index (χ4n) is 2.41. The van der Waals surface area contributed by atoms with E-state index in [1.54, 1.807) is 19.1 Å². The summed E-state index contributed by atoms with van der Waals surface area (Å²) >= 11 is 1.33. The molecule has 98 valence electrons. The molecule has 2 heterocycles. The van der Waals surface area contributed by atoms with E-state index in [1.165, 1.54) is 17.4 Å². The van der Waals surface area contributed by atoms with Gasteiger partial charge in [0.25, 0.3) is 0 Å². The molecule has 0 fully saturated rings. The molecule has 0 amide bonds. The number of fused-ring (bicyclic) bond motifs is 2. The third kappa shape index (κ3) is 1.76. The Morgan fingerprint density at radius 1 is 1.16 bits per heavy atom. The molecule has 1 aliphatic rings. The summed E-state index contributed by atoms with van der Waals surface area (Å²) in [5, 5.41) is 1.85. The summed E-state index contributed by atoms with van der Waals surface area (Å²) in [5.74, 6) is -0.248. The van der Waals surface area contributed by atoms with Gasteiger partial charge in [-0.2, -0.15) is 0 Å². The van der Waals surface area contributed by atoms with Gasteiger partial charge in [0.05, 0.1) is 15.5 Å². The van der Waals surface area contributed by atoms with E-state index < -0.39 is 9.84 Å². The lowest BCUT2D eigenvalue weighted by Gasteiger charge is -2.07. The lowest BCUT2D eigenvalue weighted by atomic mass is 10.0. The number of ketones is 1. The predicted octanol–water partition coefficient (Wildman–Crippen LogP) is 2.88. The van der Waals surface area contributed by atoms with Gasteiger partial charge in [0.1, 0.15) is 0 Å². The summed E-state index contributed by atoms with van der Waals surface area (Å²) in [5.41, 5.74) is 2.58. The quantitative estimate of drug-likeness (QED) is 0.750. The van der Waals surface area contributed by atoms with Gasteiger partial charge < -0.3 is 0 Å². The molecule has 0 unspecified atom stereocenters. The SMILES string of the molecule is Cc1csc2c1CS(=O)(=O)c1cccc(C)c1C2=O. The average Bonchev–Trinajstić information content (AvgIpc) is 2.65. The van der Waals surface area contributed by atoms with Crippen LogP contribution in [0.15, 0.2) is 28.5 Å². The number of aryl methyl sites for hydroxylation is 2. The Morgan fingerprint density at radius 3 is 2.63 bits per heavy atom. The molecule has 1 aliphatic heterocycles. The summed E-state index contributed by atoms with van der Waals surface area (Å²) in [6.07, 6.45) is 0. The number of hydrogen-bond donors (Lipinski definition) is 0. The highest BCUT2D eigenvalue weighted by Gasteiger charge is 2.33. The van der Waals surface area contributed by atoms with Crippen molar-refractivity contribution in [3.05, 3.63) is 50.7 Å². The van der Waals surface area contributed by atoms with Crippen molar-refractivity contribution in [3.63, 3.8) is 0 Å². The van der Waals surface area contributed by atoms with Crippen molar-refractivity contribution in [3.8, 4) is 0 Å². The van der Waals surface area contributed by atoms with Crippen LogP contribution >= 0.6 is 11.3 Å². The predicted molar refractivity (Wildman–Crippen MR) is 74.6 cm³/mol. The molecule has 0 saturated heterocycles. The molecule has 0 aliphatic carbocycles. The molecule has 0 N–H and O–H groups in total. The third-order valence-electron chi connectivity index (χ3n) is 3.44. The molecule has 3 nitrogen and oxygen atoms in total. The van der Waals surface area contributed by atoms with E-state index >= 15 is 0 Å². The zero-order chi connectivity index (χ0) is 13.8. The number of thiophene rings is 1. The number of carbonyl (C=O) groups excluding carboxylic acids is 1. The molecule has 3 rings (SSSR count). The summed E-state index contributed by atoms with van der Waals surface area (Å²) in [6.45, 7) is 3.62. The van der Waals surface area contributed by atoms with Gasteiger partial charge in [-0.15, -0.1) is 11.3 Å². The molecule has 1 aromatic heterocycles. The Hall–Kier alpha value is -1.46. The summed E-state index contributed by atoms with van der Waals surface area (Å²) in [4.78, 5) is 13.3. The van der Waals surface area contributed by atoms with E-state index in [0.29, 0.717) is 21.6 Å². The standard InChI is InChI=1S/C14H12O3S2/c1-8-4-3-5-11-12(8)13(15)14-10(7-19(11,16)17)9(2)6-18-14/h3-6H,7H2,1-2H3. The van der Waals surface area contributed by atoms with Crippen LogP contribution in [0.2, 0.25) is 0 Å². The minimum Gasteiger partial charge on any atom is -0.288 e. The molecule has 1 aromatic carbocycles. The first kappa shape index (κ1) is 12.6. The number of benzene rings is 1.